The van der Waals surface area contributed by atoms with Gasteiger partial charge in [-0.05, 0) is 23.8 Å². The van der Waals surface area contributed by atoms with E-state index in [0.29, 0.717) is 11.2 Å². The Kier molecular flexibility index (Phi) is 5.40. The van der Waals surface area contributed by atoms with Gasteiger partial charge in [0.2, 0.25) is 5.82 Å². The van der Waals surface area contributed by atoms with Crippen LogP contribution in [0, 0.1) is 29.1 Å². The van der Waals surface area contributed by atoms with Gasteiger partial charge < -0.3 is 10.5 Å². The molecule has 0 unspecified atom stereocenters. The number of ether oxygens (including phenoxy) is 1. The Labute approximate surface area is 144 Å². The van der Waals surface area contributed by atoms with Crippen molar-refractivity contribution in [3.63, 3.8) is 0 Å². The monoisotopic (exact) mass is 394 g/mol. The van der Waals surface area contributed by atoms with Gasteiger partial charge in [-0.25, -0.2) is 30.4 Å². The molecule has 0 aromatic heterocycles. The van der Waals surface area contributed by atoms with Crippen LogP contribution in [0.2, 0.25) is 0 Å². The third-order valence-corrected chi connectivity index (χ3v) is 4.13. The van der Waals surface area contributed by atoms with E-state index < -0.39 is 44.8 Å². The normalized spacial score (nSPS) is 11.8. The van der Waals surface area contributed by atoms with Crippen molar-refractivity contribution < 1.29 is 35.1 Å². The Hall–Kier alpha value is -2.82. The molecular weight excluding hydrogens is 383 g/mol. The first kappa shape index (κ1) is 19.5. The van der Waals surface area contributed by atoms with E-state index >= 15 is 0 Å². The summed E-state index contributed by atoms with van der Waals surface area (Å²) < 4.78 is 96.2. The SMILES string of the molecule is COc1ccc(/C=C/S(=O)(=O)Nc2c(F)c(F)c(F)c(F)c2F)cc1N. The molecule has 0 aliphatic heterocycles. The molecule has 2 aromatic carbocycles. The number of sulfonamides is 1. The smallest absolute Gasteiger partial charge is 0.255 e. The molecule has 0 heterocycles. The second-order valence-corrected chi connectivity index (χ2v) is 6.46. The first-order valence-corrected chi connectivity index (χ1v) is 8.28. The maximum absolute atomic E-state index is 13.5. The molecule has 2 rings (SSSR count). The van der Waals surface area contributed by atoms with Crippen LogP contribution in [0.4, 0.5) is 33.3 Å². The Morgan fingerprint density at radius 2 is 1.54 bits per heavy atom. The van der Waals surface area contributed by atoms with Crippen molar-refractivity contribution in [2.24, 2.45) is 0 Å². The first-order valence-electron chi connectivity index (χ1n) is 6.73. The lowest BCUT2D eigenvalue weighted by Gasteiger charge is -2.09. The maximum Gasteiger partial charge on any atom is 0.255 e. The molecule has 0 saturated carbocycles. The van der Waals surface area contributed by atoms with Gasteiger partial charge in [0.25, 0.3) is 10.0 Å². The second kappa shape index (κ2) is 7.20. The van der Waals surface area contributed by atoms with E-state index in [9.17, 15) is 30.4 Å². The van der Waals surface area contributed by atoms with E-state index in [0.717, 1.165) is 6.08 Å². The third-order valence-electron chi connectivity index (χ3n) is 3.15. The van der Waals surface area contributed by atoms with Crippen LogP contribution in [0.3, 0.4) is 0 Å². The number of nitrogens with two attached hydrogens (primary N) is 1. The number of anilines is 2. The zero-order valence-corrected chi connectivity index (χ0v) is 13.8. The lowest BCUT2D eigenvalue weighted by Crippen LogP contribution is -2.15. The Balaban J connectivity index is 2.34. The Morgan fingerprint density at radius 1 is 1.00 bits per heavy atom. The van der Waals surface area contributed by atoms with Crippen LogP contribution in [-0.2, 0) is 10.0 Å². The van der Waals surface area contributed by atoms with Gasteiger partial charge in [-0.15, -0.1) is 0 Å². The summed E-state index contributed by atoms with van der Waals surface area (Å²) in [6, 6.07) is 4.22. The molecule has 26 heavy (non-hydrogen) atoms. The highest BCUT2D eigenvalue weighted by Gasteiger charge is 2.27. The third kappa shape index (κ3) is 3.87. The fraction of sp³-hybridized carbons (Fsp3) is 0.0667. The van der Waals surface area contributed by atoms with Gasteiger partial charge in [0.15, 0.2) is 23.3 Å². The number of rotatable bonds is 5. The van der Waals surface area contributed by atoms with Crippen LogP contribution in [0.15, 0.2) is 23.6 Å². The summed E-state index contributed by atoms with van der Waals surface area (Å²) in [6.45, 7) is 0. The van der Waals surface area contributed by atoms with Gasteiger partial charge >= 0.3 is 0 Å². The number of nitrogens with one attached hydrogen (secondary N) is 1. The quantitative estimate of drug-likeness (QED) is 0.353. The van der Waals surface area contributed by atoms with Crippen LogP contribution in [0.25, 0.3) is 6.08 Å². The minimum atomic E-state index is -4.59. The molecule has 0 radical (unpaired) electrons. The number of nitrogen functional groups attached to an aromatic ring is 1. The highest BCUT2D eigenvalue weighted by atomic mass is 32.2. The molecule has 5 nitrogen and oxygen atoms in total. The van der Waals surface area contributed by atoms with Gasteiger partial charge in [0, 0.05) is 0 Å². The van der Waals surface area contributed by atoms with Crippen molar-refractivity contribution in [1.29, 1.82) is 0 Å². The highest BCUT2D eigenvalue weighted by Crippen LogP contribution is 2.28. The Bertz CT molecular complexity index is 964. The average molecular weight is 394 g/mol. The minimum absolute atomic E-state index is 0.194. The summed E-state index contributed by atoms with van der Waals surface area (Å²) in [5.74, 6) is -11.2. The molecular formula is C15H11F5N2O3S. The molecule has 0 fully saturated rings. The fourth-order valence-electron chi connectivity index (χ4n) is 1.90. The number of hydrogen-bond acceptors (Lipinski definition) is 4. The van der Waals surface area contributed by atoms with Crippen LogP contribution in [-0.4, -0.2) is 15.5 Å². The molecule has 140 valence electrons. The summed E-state index contributed by atoms with van der Waals surface area (Å²) in [6.07, 6.45) is 1.00. The maximum atomic E-state index is 13.5. The molecule has 0 aliphatic rings. The lowest BCUT2D eigenvalue weighted by molar-refractivity contribution is 0.382. The number of hydrogen-bond donors (Lipinski definition) is 2. The van der Waals surface area contributed by atoms with E-state index in [1.807, 2.05) is 0 Å². The number of halogens is 5. The van der Waals surface area contributed by atoms with Crippen molar-refractivity contribution in [2.45, 2.75) is 0 Å². The summed E-state index contributed by atoms with van der Waals surface area (Å²) in [4.78, 5) is 0. The van der Waals surface area contributed by atoms with Gasteiger partial charge in [-0.2, -0.15) is 0 Å². The molecule has 0 spiro atoms. The molecule has 11 heteroatoms. The lowest BCUT2D eigenvalue weighted by atomic mass is 10.2. The van der Waals surface area contributed by atoms with Gasteiger partial charge in [0.1, 0.15) is 11.4 Å². The van der Waals surface area contributed by atoms with Crippen molar-refractivity contribution >= 4 is 27.5 Å². The molecule has 0 atom stereocenters. The van der Waals surface area contributed by atoms with Crippen LogP contribution in [0.5, 0.6) is 5.75 Å². The molecule has 0 aliphatic carbocycles. The predicted molar refractivity (Wildman–Crippen MR) is 85.2 cm³/mol. The molecule has 0 amide bonds. The number of methoxy groups -OCH3 is 1. The van der Waals surface area contributed by atoms with E-state index in [-0.39, 0.29) is 11.3 Å². The molecule has 2 aromatic rings. The summed E-state index contributed by atoms with van der Waals surface area (Å²) in [5, 5.41) is 0.478. The topological polar surface area (TPSA) is 81.4 Å². The molecule has 0 bridgehead atoms. The van der Waals surface area contributed by atoms with Crippen LogP contribution in [0.1, 0.15) is 5.56 Å². The highest BCUT2D eigenvalue weighted by molar-refractivity contribution is 7.95. The molecule has 0 saturated heterocycles. The van der Waals surface area contributed by atoms with Gasteiger partial charge in [-0.3, -0.25) is 4.72 Å². The van der Waals surface area contributed by atoms with E-state index in [4.69, 9.17) is 10.5 Å². The summed E-state index contributed by atoms with van der Waals surface area (Å²) in [5.41, 5.74) is 4.44. The van der Waals surface area contributed by atoms with E-state index in [1.165, 1.54) is 30.0 Å². The summed E-state index contributed by atoms with van der Waals surface area (Å²) >= 11 is 0. The van der Waals surface area contributed by atoms with Crippen molar-refractivity contribution in [1.82, 2.24) is 0 Å². The van der Waals surface area contributed by atoms with Crippen molar-refractivity contribution in [2.75, 3.05) is 17.6 Å². The van der Waals surface area contributed by atoms with E-state index in [2.05, 4.69) is 0 Å². The standard InChI is InChI=1S/C15H11F5N2O3S/c1-25-9-3-2-7(6-8(9)21)4-5-26(23,24)22-15-13(19)11(17)10(16)12(18)14(15)20/h2-6,22H,21H2,1H3/b5-4+. The van der Waals surface area contributed by atoms with Gasteiger partial charge in [0.05, 0.1) is 18.2 Å². The van der Waals surface area contributed by atoms with E-state index in [1.54, 1.807) is 0 Å². The Morgan fingerprint density at radius 3 is 2.04 bits per heavy atom. The molecule has 3 N–H and O–H groups in total. The first-order chi connectivity index (χ1) is 12.1. The zero-order valence-electron chi connectivity index (χ0n) is 13.0. The fourth-order valence-corrected chi connectivity index (χ4v) is 2.76. The zero-order chi connectivity index (χ0) is 19.6. The van der Waals surface area contributed by atoms with Crippen molar-refractivity contribution in [3.05, 3.63) is 58.3 Å². The van der Waals surface area contributed by atoms with Crippen LogP contribution >= 0.6 is 0 Å². The largest absolute Gasteiger partial charge is 0.495 e. The number of benzene rings is 2. The average Bonchev–Trinajstić information content (AvgIpc) is 2.60. The van der Waals surface area contributed by atoms with Gasteiger partial charge in [-0.1, -0.05) is 6.07 Å². The summed E-state index contributed by atoms with van der Waals surface area (Å²) in [7, 11) is -3.22. The second-order valence-electron chi connectivity index (χ2n) is 4.90. The predicted octanol–water partition coefficient (Wildman–Crippen LogP) is 3.39. The van der Waals surface area contributed by atoms with Crippen LogP contribution < -0.4 is 15.2 Å². The van der Waals surface area contributed by atoms with Crippen molar-refractivity contribution in [3.8, 4) is 5.75 Å². The minimum Gasteiger partial charge on any atom is -0.495 e.